The van der Waals surface area contributed by atoms with Crippen molar-refractivity contribution in [3.63, 3.8) is 0 Å². The van der Waals surface area contributed by atoms with Gasteiger partial charge in [-0.05, 0) is 36.6 Å². The highest BCUT2D eigenvalue weighted by Gasteiger charge is 2.27. The molecule has 1 aromatic heterocycles. The molecule has 2 amide bonds. The molecule has 1 aliphatic heterocycles. The third-order valence-corrected chi connectivity index (χ3v) is 6.47. The molecule has 0 saturated carbocycles. The van der Waals surface area contributed by atoms with E-state index in [2.05, 4.69) is 27.9 Å². The van der Waals surface area contributed by atoms with Crippen molar-refractivity contribution in [1.29, 1.82) is 0 Å². The Hall–Kier alpha value is -3.50. The second-order valence-corrected chi connectivity index (χ2v) is 9.06. The van der Waals surface area contributed by atoms with Gasteiger partial charge in [0, 0.05) is 56.9 Å². The number of alkyl halides is 1. The first-order chi connectivity index (χ1) is 17.4. The summed E-state index contributed by atoms with van der Waals surface area (Å²) in [5, 5.41) is 14.3. The Bertz CT molecular complexity index is 1200. The van der Waals surface area contributed by atoms with E-state index in [1.165, 1.54) is 11.1 Å². The molecule has 0 radical (unpaired) electrons. The van der Waals surface area contributed by atoms with E-state index in [-0.39, 0.29) is 31.4 Å². The zero-order valence-electron chi connectivity index (χ0n) is 21.0. The van der Waals surface area contributed by atoms with E-state index < -0.39 is 6.67 Å². The van der Waals surface area contributed by atoms with Crippen molar-refractivity contribution in [2.45, 2.75) is 26.9 Å². The van der Waals surface area contributed by atoms with Gasteiger partial charge in [0.05, 0.1) is 18.8 Å². The number of nitrogens with zero attached hydrogens (tertiary/aromatic N) is 4. The van der Waals surface area contributed by atoms with Gasteiger partial charge in [0.2, 0.25) is 5.91 Å². The Kier molecular flexibility index (Phi) is 8.17. The SMILES string of the molecule is Cc1cc2c(C)noc2cc1N(CC(=O)NCCNCCF)CC(=O)N(C)N1Cc2ccccc2C1. The number of carbonyl (C=O) groups is 2. The molecule has 0 spiro atoms. The molecule has 0 atom stereocenters. The van der Waals surface area contributed by atoms with Crippen LogP contribution in [0.5, 0.6) is 0 Å². The summed E-state index contributed by atoms with van der Waals surface area (Å²) in [7, 11) is 1.76. The molecule has 10 heteroatoms. The largest absolute Gasteiger partial charge is 0.356 e. The smallest absolute Gasteiger partial charge is 0.256 e. The first kappa shape index (κ1) is 25.6. The van der Waals surface area contributed by atoms with Crippen LogP contribution >= 0.6 is 0 Å². The molecule has 0 saturated heterocycles. The number of rotatable bonds is 11. The monoisotopic (exact) mass is 496 g/mol. The van der Waals surface area contributed by atoms with Gasteiger partial charge in [-0.2, -0.15) is 0 Å². The van der Waals surface area contributed by atoms with Gasteiger partial charge in [-0.25, -0.2) is 9.40 Å². The van der Waals surface area contributed by atoms with Gasteiger partial charge in [0.25, 0.3) is 5.91 Å². The number of amides is 2. The van der Waals surface area contributed by atoms with E-state index in [0.29, 0.717) is 31.8 Å². The van der Waals surface area contributed by atoms with Gasteiger partial charge < -0.3 is 20.1 Å². The second-order valence-electron chi connectivity index (χ2n) is 9.06. The normalized spacial score (nSPS) is 13.1. The molecule has 192 valence electrons. The summed E-state index contributed by atoms with van der Waals surface area (Å²) in [6.45, 7) is 5.76. The molecule has 9 nitrogen and oxygen atoms in total. The van der Waals surface area contributed by atoms with Crippen molar-refractivity contribution in [2.24, 2.45) is 0 Å². The molecule has 0 bridgehead atoms. The van der Waals surface area contributed by atoms with Crippen LogP contribution in [-0.2, 0) is 22.7 Å². The van der Waals surface area contributed by atoms with Crippen molar-refractivity contribution >= 4 is 28.5 Å². The fourth-order valence-electron chi connectivity index (χ4n) is 4.43. The number of hydrogen-bond acceptors (Lipinski definition) is 7. The zero-order valence-corrected chi connectivity index (χ0v) is 21.0. The molecule has 2 N–H and O–H groups in total. The minimum absolute atomic E-state index is 0.0103. The average molecular weight is 497 g/mol. The van der Waals surface area contributed by atoms with Crippen LogP contribution in [-0.4, -0.2) is 73.4 Å². The quantitative estimate of drug-likeness (QED) is 0.394. The van der Waals surface area contributed by atoms with Crippen molar-refractivity contribution in [1.82, 2.24) is 25.8 Å². The molecule has 0 aliphatic carbocycles. The van der Waals surface area contributed by atoms with E-state index in [1.807, 2.05) is 43.1 Å². The molecular formula is C26H33FN6O3. The lowest BCUT2D eigenvalue weighted by Crippen LogP contribution is -2.48. The summed E-state index contributed by atoms with van der Waals surface area (Å²) in [4.78, 5) is 27.9. The maximum Gasteiger partial charge on any atom is 0.256 e. The number of aromatic nitrogens is 1. The molecule has 36 heavy (non-hydrogen) atoms. The van der Waals surface area contributed by atoms with Crippen LogP contribution in [0.15, 0.2) is 40.9 Å². The summed E-state index contributed by atoms with van der Waals surface area (Å²) in [5.74, 6) is -0.359. The molecule has 2 aromatic carbocycles. The van der Waals surface area contributed by atoms with Gasteiger partial charge in [-0.1, -0.05) is 29.4 Å². The van der Waals surface area contributed by atoms with Crippen molar-refractivity contribution < 1.29 is 18.5 Å². The van der Waals surface area contributed by atoms with Gasteiger partial charge in [0.1, 0.15) is 6.67 Å². The summed E-state index contributed by atoms with van der Waals surface area (Å²) < 4.78 is 17.7. The Morgan fingerprint density at radius 3 is 2.50 bits per heavy atom. The molecular weight excluding hydrogens is 463 g/mol. The highest BCUT2D eigenvalue weighted by molar-refractivity contribution is 5.90. The number of aryl methyl sites for hydroxylation is 2. The maximum atomic E-state index is 13.4. The minimum Gasteiger partial charge on any atom is -0.356 e. The lowest BCUT2D eigenvalue weighted by Gasteiger charge is -2.31. The predicted octanol–water partition coefficient (Wildman–Crippen LogP) is 2.32. The Balaban J connectivity index is 1.49. The van der Waals surface area contributed by atoms with E-state index in [0.717, 1.165) is 22.3 Å². The van der Waals surface area contributed by atoms with Crippen LogP contribution in [0.1, 0.15) is 22.4 Å². The molecule has 1 aliphatic rings. The number of benzene rings is 2. The van der Waals surface area contributed by atoms with Gasteiger partial charge in [0.15, 0.2) is 5.58 Å². The number of hydrazine groups is 1. The number of halogens is 1. The molecule has 4 rings (SSSR count). The minimum atomic E-state index is -0.456. The molecule has 0 unspecified atom stereocenters. The number of fused-ring (bicyclic) bond motifs is 2. The molecule has 3 aromatic rings. The van der Waals surface area contributed by atoms with E-state index in [9.17, 15) is 14.0 Å². The third-order valence-electron chi connectivity index (χ3n) is 6.47. The van der Waals surface area contributed by atoms with Crippen molar-refractivity contribution in [3.8, 4) is 0 Å². The first-order valence-electron chi connectivity index (χ1n) is 12.1. The predicted molar refractivity (Wildman–Crippen MR) is 136 cm³/mol. The van der Waals surface area contributed by atoms with Crippen LogP contribution < -0.4 is 15.5 Å². The average Bonchev–Trinajstić information content (AvgIpc) is 3.46. The highest BCUT2D eigenvalue weighted by Crippen LogP contribution is 2.29. The number of likely N-dealkylation sites (N-methyl/N-ethyl adjacent to an activating group) is 1. The van der Waals surface area contributed by atoms with Crippen molar-refractivity contribution in [3.05, 3.63) is 58.8 Å². The third kappa shape index (κ3) is 5.83. The zero-order chi connectivity index (χ0) is 25.7. The summed E-state index contributed by atoms with van der Waals surface area (Å²) in [6.07, 6.45) is 0. The number of carbonyl (C=O) groups excluding carboxylic acids is 2. The second kappa shape index (κ2) is 11.5. The Morgan fingerprint density at radius 2 is 1.81 bits per heavy atom. The highest BCUT2D eigenvalue weighted by atomic mass is 19.1. The lowest BCUT2D eigenvalue weighted by atomic mass is 10.1. The van der Waals surface area contributed by atoms with Crippen LogP contribution in [0.4, 0.5) is 10.1 Å². The number of nitrogens with one attached hydrogen (secondary N) is 2. The van der Waals surface area contributed by atoms with Crippen molar-refractivity contribution in [2.75, 3.05) is 51.3 Å². The van der Waals surface area contributed by atoms with Crippen LogP contribution in [0.3, 0.4) is 0 Å². The topological polar surface area (TPSA) is 93.9 Å². The fraction of sp³-hybridized carbons (Fsp3) is 0.423. The van der Waals surface area contributed by atoms with Gasteiger partial charge >= 0.3 is 0 Å². The van der Waals surface area contributed by atoms with Crippen LogP contribution in [0.2, 0.25) is 0 Å². The van der Waals surface area contributed by atoms with Gasteiger partial charge in [-0.15, -0.1) is 0 Å². The van der Waals surface area contributed by atoms with Gasteiger partial charge in [-0.3, -0.25) is 14.6 Å². The number of hydrogen-bond donors (Lipinski definition) is 2. The standard InChI is InChI=1S/C26H33FN6O3/c1-18-12-22-19(2)30-36-24(22)13-23(18)32(16-25(34)29-11-10-28-9-8-27)17-26(35)31(3)33-14-20-6-4-5-7-21(20)15-33/h4-7,12-13,28H,8-11,14-17H2,1-3H3,(H,29,34). The van der Waals surface area contributed by atoms with E-state index >= 15 is 0 Å². The van der Waals surface area contributed by atoms with Crippen LogP contribution in [0.25, 0.3) is 11.0 Å². The number of anilines is 1. The molecule has 0 fully saturated rings. The lowest BCUT2D eigenvalue weighted by molar-refractivity contribution is -0.145. The molecule has 2 heterocycles. The summed E-state index contributed by atoms with van der Waals surface area (Å²) in [6, 6.07) is 12.0. The Labute approximate surface area is 210 Å². The summed E-state index contributed by atoms with van der Waals surface area (Å²) in [5.41, 5.74) is 5.44. The summed E-state index contributed by atoms with van der Waals surface area (Å²) >= 11 is 0. The fourth-order valence-corrected chi connectivity index (χ4v) is 4.43. The first-order valence-corrected chi connectivity index (χ1v) is 12.1. The maximum absolute atomic E-state index is 13.4. The van der Waals surface area contributed by atoms with E-state index in [4.69, 9.17) is 4.52 Å². The van der Waals surface area contributed by atoms with E-state index in [1.54, 1.807) is 17.0 Å². The Morgan fingerprint density at radius 1 is 1.08 bits per heavy atom. The van der Waals surface area contributed by atoms with Crippen LogP contribution in [0, 0.1) is 13.8 Å².